The molecule has 7 heteroatoms. The number of nitrogens with zero attached hydrogens (tertiary/aromatic N) is 2. The highest BCUT2D eigenvalue weighted by Gasteiger charge is 2.21. The van der Waals surface area contributed by atoms with Gasteiger partial charge in [-0.2, -0.15) is 0 Å². The van der Waals surface area contributed by atoms with Gasteiger partial charge in [0.1, 0.15) is 16.4 Å². The second kappa shape index (κ2) is 5.66. The molecule has 0 saturated heterocycles. The van der Waals surface area contributed by atoms with Gasteiger partial charge in [-0.3, -0.25) is 9.59 Å². The first-order valence-electron chi connectivity index (χ1n) is 7.20. The highest BCUT2D eigenvalue weighted by molar-refractivity contribution is 7.20. The number of thiophene rings is 1. The van der Waals surface area contributed by atoms with Gasteiger partial charge >= 0.3 is 0 Å². The summed E-state index contributed by atoms with van der Waals surface area (Å²) in [5, 5.41) is 3.41. The molecule has 0 aromatic carbocycles. The van der Waals surface area contributed by atoms with Crippen LogP contribution in [0, 0.1) is 13.8 Å². The fourth-order valence-electron chi connectivity index (χ4n) is 2.44. The van der Waals surface area contributed by atoms with Crippen LogP contribution in [0.5, 0.6) is 0 Å². The highest BCUT2D eigenvalue weighted by Crippen LogP contribution is 2.27. The number of fused-ring (bicyclic) bond motifs is 1. The highest BCUT2D eigenvalue weighted by atomic mass is 32.1. The molecular weight excluding hydrogens is 314 g/mol. The maximum atomic E-state index is 12.5. The average Bonchev–Trinajstić information content (AvgIpc) is 3.07. The molecule has 3 rings (SSSR count). The third kappa shape index (κ3) is 2.68. The minimum Gasteiger partial charge on any atom is -0.464 e. The largest absolute Gasteiger partial charge is 0.464 e. The zero-order valence-corrected chi connectivity index (χ0v) is 14.2. The third-order valence-electron chi connectivity index (χ3n) is 3.75. The first kappa shape index (κ1) is 15.5. The molecule has 0 bridgehead atoms. The Labute approximate surface area is 136 Å². The zero-order valence-electron chi connectivity index (χ0n) is 13.3. The summed E-state index contributed by atoms with van der Waals surface area (Å²) >= 11 is 1.23. The molecule has 1 N–H and O–H groups in total. The maximum Gasteiger partial charge on any atom is 0.262 e. The van der Waals surface area contributed by atoms with E-state index in [4.69, 9.17) is 4.42 Å². The molecule has 0 aliphatic rings. The van der Waals surface area contributed by atoms with Gasteiger partial charge in [0.05, 0.1) is 22.6 Å². The Balaban J connectivity index is 1.94. The van der Waals surface area contributed by atoms with E-state index < -0.39 is 0 Å². The van der Waals surface area contributed by atoms with Gasteiger partial charge in [-0.15, -0.1) is 11.3 Å². The first-order chi connectivity index (χ1) is 10.9. The molecule has 0 aliphatic heterocycles. The summed E-state index contributed by atoms with van der Waals surface area (Å²) < 4.78 is 6.94. The molecular formula is C16H17N3O3S. The summed E-state index contributed by atoms with van der Waals surface area (Å²) in [4.78, 5) is 30.1. The van der Waals surface area contributed by atoms with E-state index in [1.807, 2.05) is 26.0 Å². The molecule has 0 fully saturated rings. The van der Waals surface area contributed by atoms with E-state index in [0.29, 0.717) is 26.4 Å². The van der Waals surface area contributed by atoms with E-state index in [1.165, 1.54) is 22.2 Å². The third-order valence-corrected chi connectivity index (χ3v) is 4.95. The summed E-state index contributed by atoms with van der Waals surface area (Å²) in [5.41, 5.74) is 0.525. The summed E-state index contributed by atoms with van der Waals surface area (Å²) in [6, 6.07) is 3.45. The van der Waals surface area contributed by atoms with Crippen molar-refractivity contribution < 1.29 is 9.21 Å². The van der Waals surface area contributed by atoms with Crippen LogP contribution in [0.2, 0.25) is 0 Å². The minimum absolute atomic E-state index is 0.141. The van der Waals surface area contributed by atoms with Gasteiger partial charge in [0.25, 0.3) is 11.5 Å². The molecule has 3 aromatic heterocycles. The van der Waals surface area contributed by atoms with Crippen molar-refractivity contribution in [2.75, 3.05) is 0 Å². The Hall–Kier alpha value is -2.41. The Bertz CT molecular complexity index is 951. The number of amides is 1. The molecule has 1 atom stereocenters. The smallest absolute Gasteiger partial charge is 0.262 e. The Kier molecular flexibility index (Phi) is 3.81. The normalized spacial score (nSPS) is 12.5. The van der Waals surface area contributed by atoms with Crippen molar-refractivity contribution in [1.29, 1.82) is 0 Å². The molecule has 3 aromatic rings. The van der Waals surface area contributed by atoms with Crippen LogP contribution in [-0.4, -0.2) is 15.5 Å². The molecule has 23 heavy (non-hydrogen) atoms. The predicted molar refractivity (Wildman–Crippen MR) is 88.9 cm³/mol. The van der Waals surface area contributed by atoms with Crippen molar-refractivity contribution in [2.24, 2.45) is 7.05 Å². The molecule has 0 aliphatic carbocycles. The molecule has 1 amide bonds. The molecule has 3 heterocycles. The van der Waals surface area contributed by atoms with Crippen LogP contribution in [0.4, 0.5) is 0 Å². The summed E-state index contributed by atoms with van der Waals surface area (Å²) in [5.74, 6) is 1.27. The number of aryl methyl sites for hydroxylation is 3. The number of furan rings is 1. The number of carbonyl (C=O) groups excluding carboxylic acids is 1. The lowest BCUT2D eigenvalue weighted by Gasteiger charge is -2.11. The van der Waals surface area contributed by atoms with Gasteiger partial charge in [-0.25, -0.2) is 4.98 Å². The van der Waals surface area contributed by atoms with Crippen molar-refractivity contribution in [1.82, 2.24) is 14.9 Å². The van der Waals surface area contributed by atoms with Crippen LogP contribution in [0.25, 0.3) is 10.2 Å². The quantitative estimate of drug-likeness (QED) is 0.800. The molecule has 120 valence electrons. The van der Waals surface area contributed by atoms with E-state index in [-0.39, 0.29) is 17.5 Å². The average molecular weight is 331 g/mol. The lowest BCUT2D eigenvalue weighted by molar-refractivity contribution is 0.0939. The van der Waals surface area contributed by atoms with E-state index in [2.05, 4.69) is 10.3 Å². The lowest BCUT2D eigenvalue weighted by Crippen LogP contribution is -2.26. The van der Waals surface area contributed by atoms with Crippen molar-refractivity contribution in [3.05, 3.63) is 50.8 Å². The second-order valence-corrected chi connectivity index (χ2v) is 6.54. The summed E-state index contributed by atoms with van der Waals surface area (Å²) in [7, 11) is 1.65. The van der Waals surface area contributed by atoms with Crippen molar-refractivity contribution in [2.45, 2.75) is 26.8 Å². The number of hydrogen-bond donors (Lipinski definition) is 1. The number of carbonyl (C=O) groups is 1. The van der Waals surface area contributed by atoms with Crippen LogP contribution in [0.3, 0.4) is 0 Å². The van der Waals surface area contributed by atoms with Crippen molar-refractivity contribution in [3.8, 4) is 0 Å². The standard InChI is InChI=1S/C16H17N3O3S/c1-8-5-6-11(22-8)10(3)18-14(20)13-9(2)12-15(23-13)17-7-19(4)16(12)21/h5-7,10H,1-4H3,(H,18,20). The molecule has 6 nitrogen and oxygen atoms in total. The molecule has 0 spiro atoms. The van der Waals surface area contributed by atoms with E-state index in [1.54, 1.807) is 14.0 Å². The Morgan fingerprint density at radius 3 is 2.78 bits per heavy atom. The minimum atomic E-state index is -0.253. The SMILES string of the molecule is Cc1ccc(C(C)NC(=O)c2sc3ncn(C)c(=O)c3c2C)o1. The lowest BCUT2D eigenvalue weighted by atomic mass is 10.2. The topological polar surface area (TPSA) is 77.1 Å². The molecule has 0 saturated carbocycles. The number of nitrogens with one attached hydrogen (secondary N) is 1. The van der Waals surface area contributed by atoms with Gasteiger partial charge in [-0.1, -0.05) is 0 Å². The molecule has 0 radical (unpaired) electrons. The Morgan fingerprint density at radius 1 is 1.39 bits per heavy atom. The van der Waals surface area contributed by atoms with E-state index in [9.17, 15) is 9.59 Å². The predicted octanol–water partition coefficient (Wildman–Crippen LogP) is 2.70. The first-order valence-corrected chi connectivity index (χ1v) is 8.02. The van der Waals surface area contributed by atoms with Crippen LogP contribution in [0.1, 0.15) is 39.7 Å². The van der Waals surface area contributed by atoms with Gasteiger partial charge in [0.2, 0.25) is 0 Å². The zero-order chi connectivity index (χ0) is 16.7. The van der Waals surface area contributed by atoms with Gasteiger partial charge in [-0.05, 0) is 38.5 Å². The van der Waals surface area contributed by atoms with Crippen LogP contribution >= 0.6 is 11.3 Å². The number of aromatic nitrogens is 2. The van der Waals surface area contributed by atoms with E-state index >= 15 is 0 Å². The fraction of sp³-hybridized carbons (Fsp3) is 0.312. The monoisotopic (exact) mass is 331 g/mol. The molecule has 1 unspecified atom stereocenters. The maximum absolute atomic E-state index is 12.5. The van der Waals surface area contributed by atoms with Crippen LogP contribution in [0.15, 0.2) is 27.7 Å². The van der Waals surface area contributed by atoms with Gasteiger partial charge < -0.3 is 14.3 Å². The second-order valence-electron chi connectivity index (χ2n) is 5.54. The fourth-order valence-corrected chi connectivity index (χ4v) is 3.49. The number of rotatable bonds is 3. The Morgan fingerprint density at radius 2 is 2.13 bits per heavy atom. The van der Waals surface area contributed by atoms with Crippen molar-refractivity contribution in [3.63, 3.8) is 0 Å². The summed E-state index contributed by atoms with van der Waals surface area (Å²) in [6.07, 6.45) is 1.47. The van der Waals surface area contributed by atoms with Crippen LogP contribution in [-0.2, 0) is 7.05 Å². The van der Waals surface area contributed by atoms with Crippen LogP contribution < -0.4 is 10.9 Å². The van der Waals surface area contributed by atoms with Crippen molar-refractivity contribution >= 4 is 27.5 Å². The van der Waals surface area contributed by atoms with E-state index in [0.717, 1.165) is 5.76 Å². The summed E-state index contributed by atoms with van der Waals surface area (Å²) in [6.45, 7) is 5.49. The van der Waals surface area contributed by atoms with Gasteiger partial charge in [0.15, 0.2) is 0 Å². The van der Waals surface area contributed by atoms with Gasteiger partial charge in [0, 0.05) is 7.05 Å². The number of hydrogen-bond acceptors (Lipinski definition) is 5.